The van der Waals surface area contributed by atoms with Crippen LogP contribution >= 0.6 is 11.3 Å². The molecule has 2 aromatic rings. The fourth-order valence-electron chi connectivity index (χ4n) is 4.14. The van der Waals surface area contributed by atoms with Crippen molar-refractivity contribution in [3.63, 3.8) is 0 Å². The third kappa shape index (κ3) is 3.56. The molecule has 0 N–H and O–H groups in total. The van der Waals surface area contributed by atoms with Crippen molar-refractivity contribution < 1.29 is 4.79 Å². The molecule has 1 aliphatic rings. The molecule has 0 aromatic carbocycles. The van der Waals surface area contributed by atoms with Crippen LogP contribution in [-0.4, -0.2) is 32.9 Å². The number of fused-ring (bicyclic) bond motifs is 1. The highest BCUT2D eigenvalue weighted by Gasteiger charge is 2.29. The maximum atomic E-state index is 12.8. The van der Waals surface area contributed by atoms with Crippen LogP contribution in [0.1, 0.15) is 56.4 Å². The zero-order valence-electron chi connectivity index (χ0n) is 16.2. The highest BCUT2D eigenvalue weighted by atomic mass is 32.1. The number of hydrogen-bond donors (Lipinski definition) is 0. The quantitative estimate of drug-likeness (QED) is 0.796. The van der Waals surface area contributed by atoms with Gasteiger partial charge in [0, 0.05) is 30.4 Å². The Labute approximate surface area is 159 Å². The zero-order valence-corrected chi connectivity index (χ0v) is 17.1. The fourth-order valence-corrected chi connectivity index (χ4v) is 5.13. The lowest BCUT2D eigenvalue weighted by molar-refractivity contribution is -0.135. The topological polar surface area (TPSA) is 55.2 Å². The van der Waals surface area contributed by atoms with Crippen molar-refractivity contribution in [1.82, 2.24) is 14.5 Å². The molecule has 3 rings (SSSR count). The van der Waals surface area contributed by atoms with Crippen LogP contribution in [0, 0.1) is 19.8 Å². The molecule has 2 aromatic heterocycles. The lowest BCUT2D eigenvalue weighted by Crippen LogP contribution is -2.45. The van der Waals surface area contributed by atoms with Crippen LogP contribution in [0.2, 0.25) is 0 Å². The van der Waals surface area contributed by atoms with Crippen LogP contribution in [0.3, 0.4) is 0 Å². The van der Waals surface area contributed by atoms with E-state index in [1.54, 1.807) is 22.2 Å². The second-order valence-electron chi connectivity index (χ2n) is 7.47. The summed E-state index contributed by atoms with van der Waals surface area (Å²) in [6, 6.07) is 0.348. The number of thiophene rings is 1. The Morgan fingerprint density at radius 1 is 1.35 bits per heavy atom. The maximum absolute atomic E-state index is 12.8. The van der Waals surface area contributed by atoms with E-state index in [9.17, 15) is 9.59 Å². The molecule has 1 amide bonds. The molecule has 0 spiro atoms. The minimum atomic E-state index is -0.0290. The summed E-state index contributed by atoms with van der Waals surface area (Å²) in [4.78, 5) is 34.0. The summed E-state index contributed by atoms with van der Waals surface area (Å²) in [6.45, 7) is 9.42. The van der Waals surface area contributed by atoms with Crippen molar-refractivity contribution in [3.05, 3.63) is 27.1 Å². The van der Waals surface area contributed by atoms with Crippen molar-refractivity contribution in [1.29, 1.82) is 0 Å². The summed E-state index contributed by atoms with van der Waals surface area (Å²) in [5.74, 6) is 0.710. The van der Waals surface area contributed by atoms with E-state index in [-0.39, 0.29) is 11.5 Å². The molecule has 0 radical (unpaired) electrons. The molecule has 1 fully saturated rings. The average Bonchev–Trinajstić information content (AvgIpc) is 2.91. The van der Waals surface area contributed by atoms with Crippen molar-refractivity contribution in [2.75, 3.05) is 6.54 Å². The predicted molar refractivity (Wildman–Crippen MR) is 107 cm³/mol. The molecule has 0 saturated heterocycles. The SMILES string of the molecule is CCN(C(=O)CCn1cnc2sc(C)c(C)c2c1=O)C1CCCCC1C. The monoisotopic (exact) mass is 375 g/mol. The van der Waals surface area contributed by atoms with Crippen LogP contribution < -0.4 is 5.56 Å². The van der Waals surface area contributed by atoms with Gasteiger partial charge < -0.3 is 4.90 Å². The van der Waals surface area contributed by atoms with Gasteiger partial charge in [-0.1, -0.05) is 19.8 Å². The predicted octanol–water partition coefficient (Wildman–Crippen LogP) is 3.89. The van der Waals surface area contributed by atoms with E-state index >= 15 is 0 Å². The van der Waals surface area contributed by atoms with Crippen molar-refractivity contribution in [2.24, 2.45) is 5.92 Å². The van der Waals surface area contributed by atoms with Crippen LogP contribution in [0.25, 0.3) is 10.2 Å². The molecular weight excluding hydrogens is 346 g/mol. The number of aromatic nitrogens is 2. The molecule has 0 aliphatic heterocycles. The molecule has 5 nitrogen and oxygen atoms in total. The Balaban J connectivity index is 1.74. The molecule has 142 valence electrons. The smallest absolute Gasteiger partial charge is 0.262 e. The number of hydrogen-bond acceptors (Lipinski definition) is 4. The van der Waals surface area contributed by atoms with Gasteiger partial charge in [-0.05, 0) is 45.1 Å². The van der Waals surface area contributed by atoms with E-state index < -0.39 is 0 Å². The minimum Gasteiger partial charge on any atom is -0.340 e. The highest BCUT2D eigenvalue weighted by Crippen LogP contribution is 2.28. The Morgan fingerprint density at radius 3 is 2.77 bits per heavy atom. The number of carbonyl (C=O) groups excluding carboxylic acids is 1. The summed E-state index contributed by atoms with van der Waals surface area (Å²) in [6.07, 6.45) is 6.71. The number of rotatable bonds is 5. The van der Waals surface area contributed by atoms with Crippen LogP contribution in [0.4, 0.5) is 0 Å². The van der Waals surface area contributed by atoms with Gasteiger partial charge in [-0.3, -0.25) is 14.2 Å². The van der Waals surface area contributed by atoms with Crippen molar-refractivity contribution in [3.8, 4) is 0 Å². The summed E-state index contributed by atoms with van der Waals surface area (Å²) in [5, 5.41) is 0.704. The van der Waals surface area contributed by atoms with Gasteiger partial charge in [0.1, 0.15) is 4.83 Å². The molecule has 6 heteroatoms. The molecule has 0 bridgehead atoms. The highest BCUT2D eigenvalue weighted by molar-refractivity contribution is 7.18. The first-order chi connectivity index (χ1) is 12.4. The number of carbonyl (C=O) groups is 1. The summed E-state index contributed by atoms with van der Waals surface area (Å²) >= 11 is 1.55. The Hall–Kier alpha value is -1.69. The fraction of sp³-hybridized carbons (Fsp3) is 0.650. The first kappa shape index (κ1) is 19.1. The first-order valence-corrected chi connectivity index (χ1v) is 10.5. The van der Waals surface area contributed by atoms with Gasteiger partial charge in [0.15, 0.2) is 0 Å². The van der Waals surface area contributed by atoms with E-state index in [2.05, 4.69) is 18.8 Å². The third-order valence-corrected chi connectivity index (χ3v) is 6.97. The molecule has 26 heavy (non-hydrogen) atoms. The van der Waals surface area contributed by atoms with E-state index in [0.29, 0.717) is 30.3 Å². The summed E-state index contributed by atoms with van der Waals surface area (Å²) in [5.41, 5.74) is 0.980. The van der Waals surface area contributed by atoms with Gasteiger partial charge in [0.05, 0.1) is 11.7 Å². The number of nitrogens with zero attached hydrogens (tertiary/aromatic N) is 3. The zero-order chi connectivity index (χ0) is 18.8. The molecule has 1 aliphatic carbocycles. The Kier molecular flexibility index (Phi) is 5.80. The molecule has 2 atom stereocenters. The minimum absolute atomic E-state index is 0.0290. The maximum Gasteiger partial charge on any atom is 0.262 e. The normalized spacial score (nSPS) is 20.5. The molecule has 1 saturated carbocycles. The Morgan fingerprint density at radius 2 is 2.08 bits per heavy atom. The first-order valence-electron chi connectivity index (χ1n) is 9.68. The molecular formula is C20H29N3O2S. The van der Waals surface area contributed by atoms with Crippen LogP contribution in [-0.2, 0) is 11.3 Å². The van der Waals surface area contributed by atoms with Gasteiger partial charge in [-0.2, -0.15) is 0 Å². The summed E-state index contributed by atoms with van der Waals surface area (Å²) in [7, 11) is 0. The van der Waals surface area contributed by atoms with Crippen molar-refractivity contribution >= 4 is 27.5 Å². The van der Waals surface area contributed by atoms with Gasteiger partial charge in [-0.15, -0.1) is 11.3 Å². The van der Waals surface area contributed by atoms with E-state index in [1.165, 1.54) is 19.3 Å². The van der Waals surface area contributed by atoms with Crippen LogP contribution in [0.15, 0.2) is 11.1 Å². The van der Waals surface area contributed by atoms with Gasteiger partial charge in [0.25, 0.3) is 5.56 Å². The van der Waals surface area contributed by atoms with E-state index in [4.69, 9.17) is 0 Å². The largest absolute Gasteiger partial charge is 0.340 e. The van der Waals surface area contributed by atoms with Gasteiger partial charge in [-0.25, -0.2) is 4.98 Å². The van der Waals surface area contributed by atoms with Gasteiger partial charge >= 0.3 is 0 Å². The molecule has 2 unspecified atom stereocenters. The van der Waals surface area contributed by atoms with E-state index in [0.717, 1.165) is 28.2 Å². The third-order valence-electron chi connectivity index (χ3n) is 5.85. The van der Waals surface area contributed by atoms with Crippen LogP contribution in [0.5, 0.6) is 0 Å². The lowest BCUT2D eigenvalue weighted by Gasteiger charge is -2.38. The standard InChI is InChI=1S/C20H29N3O2S/c1-5-23(16-9-7-6-8-13(16)2)17(24)10-11-22-12-21-19-18(20(22)25)14(3)15(4)26-19/h12-13,16H,5-11H2,1-4H3. The number of amides is 1. The molecule has 2 heterocycles. The van der Waals surface area contributed by atoms with Crippen molar-refractivity contribution in [2.45, 2.75) is 72.4 Å². The van der Waals surface area contributed by atoms with E-state index in [1.807, 2.05) is 18.7 Å². The lowest BCUT2D eigenvalue weighted by atomic mass is 9.84. The Bertz CT molecular complexity index is 855. The number of aryl methyl sites for hydroxylation is 3. The second kappa shape index (κ2) is 7.91. The average molecular weight is 376 g/mol. The van der Waals surface area contributed by atoms with Gasteiger partial charge in [0.2, 0.25) is 5.91 Å². The second-order valence-corrected chi connectivity index (χ2v) is 8.67. The summed E-state index contributed by atoms with van der Waals surface area (Å²) < 4.78 is 1.59.